The number of benzene rings is 1. The molecule has 0 atom stereocenters. The van der Waals surface area contributed by atoms with Gasteiger partial charge in [0.15, 0.2) is 0 Å². The molecule has 1 aliphatic rings. The van der Waals surface area contributed by atoms with E-state index in [1.165, 1.54) is 0 Å². The molecule has 2 rings (SSSR count). The predicted octanol–water partition coefficient (Wildman–Crippen LogP) is 2.83. The number of nitrogens with zero attached hydrogens (tertiary/aromatic N) is 1. The first-order chi connectivity index (χ1) is 11.7. The number of rotatable bonds is 10. The molecule has 5 nitrogen and oxygen atoms in total. The van der Waals surface area contributed by atoms with Crippen LogP contribution in [0.3, 0.4) is 0 Å². The lowest BCUT2D eigenvalue weighted by Gasteiger charge is -2.27. The SMILES string of the molecule is Cl.O=C(CCCCOc1ccc(Br)cc1)NCCCN1CCNCC1. The number of ether oxygens (including phenoxy) is 1. The van der Waals surface area contributed by atoms with E-state index in [-0.39, 0.29) is 18.3 Å². The fourth-order valence-electron chi connectivity index (χ4n) is 2.66. The van der Waals surface area contributed by atoms with Crippen LogP contribution in [0, 0.1) is 0 Å². The quantitative estimate of drug-likeness (QED) is 0.556. The topological polar surface area (TPSA) is 53.6 Å². The number of unbranched alkanes of at least 4 members (excludes halogenated alkanes) is 1. The number of nitrogens with one attached hydrogen (secondary N) is 2. The molecule has 1 fully saturated rings. The van der Waals surface area contributed by atoms with Gasteiger partial charge in [0, 0.05) is 43.6 Å². The standard InChI is InChI=1S/C18H28BrN3O2.ClH/c19-16-5-7-17(8-6-16)24-15-2-1-4-18(23)21-9-3-12-22-13-10-20-11-14-22;/h5-8,20H,1-4,9-15H2,(H,21,23);1H. The van der Waals surface area contributed by atoms with Crippen LogP contribution in [0.5, 0.6) is 5.75 Å². The zero-order valence-corrected chi connectivity index (χ0v) is 17.0. The molecule has 1 amide bonds. The molecule has 7 heteroatoms. The van der Waals surface area contributed by atoms with Crippen molar-refractivity contribution in [3.05, 3.63) is 28.7 Å². The monoisotopic (exact) mass is 433 g/mol. The maximum absolute atomic E-state index is 11.8. The number of piperazine rings is 1. The summed E-state index contributed by atoms with van der Waals surface area (Å²) in [6.07, 6.45) is 3.36. The van der Waals surface area contributed by atoms with Gasteiger partial charge in [-0.05, 0) is 50.1 Å². The van der Waals surface area contributed by atoms with E-state index >= 15 is 0 Å². The lowest BCUT2D eigenvalue weighted by molar-refractivity contribution is -0.121. The summed E-state index contributed by atoms with van der Waals surface area (Å²) in [5.41, 5.74) is 0. The van der Waals surface area contributed by atoms with E-state index in [2.05, 4.69) is 31.5 Å². The van der Waals surface area contributed by atoms with Gasteiger partial charge in [-0.15, -0.1) is 12.4 Å². The van der Waals surface area contributed by atoms with Crippen molar-refractivity contribution in [1.29, 1.82) is 0 Å². The molecule has 0 bridgehead atoms. The van der Waals surface area contributed by atoms with E-state index in [0.29, 0.717) is 13.0 Å². The highest BCUT2D eigenvalue weighted by Gasteiger charge is 2.08. The third-order valence-corrected chi connectivity index (χ3v) is 4.59. The van der Waals surface area contributed by atoms with Crippen molar-refractivity contribution in [3.63, 3.8) is 0 Å². The van der Waals surface area contributed by atoms with Crippen LogP contribution in [0.4, 0.5) is 0 Å². The van der Waals surface area contributed by atoms with Gasteiger partial charge in [0.25, 0.3) is 0 Å². The van der Waals surface area contributed by atoms with Gasteiger partial charge < -0.3 is 20.3 Å². The van der Waals surface area contributed by atoms with Gasteiger partial charge in [-0.2, -0.15) is 0 Å². The summed E-state index contributed by atoms with van der Waals surface area (Å²) < 4.78 is 6.69. The average molecular weight is 435 g/mol. The van der Waals surface area contributed by atoms with Crippen LogP contribution in [-0.4, -0.2) is 56.7 Å². The maximum Gasteiger partial charge on any atom is 0.219 e. The minimum atomic E-state index is 0. The number of carbonyl (C=O) groups is 1. The van der Waals surface area contributed by atoms with Gasteiger partial charge in [-0.25, -0.2) is 0 Å². The number of amides is 1. The summed E-state index contributed by atoms with van der Waals surface area (Å²) in [6.45, 7) is 6.89. The highest BCUT2D eigenvalue weighted by atomic mass is 79.9. The molecule has 0 saturated carbocycles. The number of hydrogen-bond donors (Lipinski definition) is 2. The average Bonchev–Trinajstić information content (AvgIpc) is 2.61. The Balaban J connectivity index is 0.00000312. The molecule has 1 aromatic carbocycles. The molecule has 1 heterocycles. The number of hydrogen-bond acceptors (Lipinski definition) is 4. The summed E-state index contributed by atoms with van der Waals surface area (Å²) in [4.78, 5) is 14.2. The lowest BCUT2D eigenvalue weighted by Crippen LogP contribution is -2.44. The van der Waals surface area contributed by atoms with Gasteiger partial charge in [-0.3, -0.25) is 4.79 Å². The van der Waals surface area contributed by atoms with E-state index in [1.807, 2.05) is 24.3 Å². The van der Waals surface area contributed by atoms with E-state index in [1.54, 1.807) is 0 Å². The van der Waals surface area contributed by atoms with Crippen LogP contribution in [0.2, 0.25) is 0 Å². The largest absolute Gasteiger partial charge is 0.494 e. The first-order valence-corrected chi connectivity index (χ1v) is 9.61. The third kappa shape index (κ3) is 10.0. The molecule has 1 saturated heterocycles. The van der Waals surface area contributed by atoms with Crippen LogP contribution in [0.25, 0.3) is 0 Å². The van der Waals surface area contributed by atoms with Crippen LogP contribution in [0.15, 0.2) is 28.7 Å². The Labute approximate surface area is 165 Å². The van der Waals surface area contributed by atoms with E-state index in [0.717, 1.165) is 68.8 Å². The van der Waals surface area contributed by atoms with Crippen LogP contribution in [0.1, 0.15) is 25.7 Å². The Bertz CT molecular complexity index is 482. The molecular formula is C18H29BrClN3O2. The summed E-state index contributed by atoms with van der Waals surface area (Å²) in [6, 6.07) is 7.80. The Hall–Kier alpha value is -0.820. The molecule has 2 N–H and O–H groups in total. The summed E-state index contributed by atoms with van der Waals surface area (Å²) in [5.74, 6) is 1.02. The highest BCUT2D eigenvalue weighted by Crippen LogP contribution is 2.16. The Kier molecular flexibility index (Phi) is 11.9. The molecule has 0 aromatic heterocycles. The van der Waals surface area contributed by atoms with Crippen molar-refractivity contribution in [2.45, 2.75) is 25.7 Å². The van der Waals surface area contributed by atoms with Crippen molar-refractivity contribution >= 4 is 34.2 Å². The predicted molar refractivity (Wildman–Crippen MR) is 108 cm³/mol. The third-order valence-electron chi connectivity index (χ3n) is 4.06. The zero-order chi connectivity index (χ0) is 17.0. The minimum Gasteiger partial charge on any atom is -0.494 e. The normalized spacial score (nSPS) is 14.6. The Morgan fingerprint density at radius 2 is 1.88 bits per heavy atom. The van der Waals surface area contributed by atoms with Gasteiger partial charge in [0.2, 0.25) is 5.91 Å². The molecule has 1 aliphatic heterocycles. The Morgan fingerprint density at radius 1 is 1.16 bits per heavy atom. The van der Waals surface area contributed by atoms with E-state index in [9.17, 15) is 4.79 Å². The highest BCUT2D eigenvalue weighted by molar-refractivity contribution is 9.10. The van der Waals surface area contributed by atoms with Crippen molar-refractivity contribution in [2.24, 2.45) is 0 Å². The number of halogens is 2. The van der Waals surface area contributed by atoms with Crippen LogP contribution < -0.4 is 15.4 Å². The second-order valence-corrected chi connectivity index (χ2v) is 6.97. The van der Waals surface area contributed by atoms with Crippen molar-refractivity contribution in [3.8, 4) is 5.75 Å². The second kappa shape index (κ2) is 13.4. The van der Waals surface area contributed by atoms with Crippen molar-refractivity contribution < 1.29 is 9.53 Å². The minimum absolute atomic E-state index is 0. The molecular weight excluding hydrogens is 406 g/mol. The molecule has 0 radical (unpaired) electrons. The summed E-state index contributed by atoms with van der Waals surface area (Å²) >= 11 is 3.40. The summed E-state index contributed by atoms with van der Waals surface area (Å²) in [5, 5.41) is 6.36. The fraction of sp³-hybridized carbons (Fsp3) is 0.611. The zero-order valence-electron chi connectivity index (χ0n) is 14.6. The molecule has 0 spiro atoms. The van der Waals surface area contributed by atoms with Crippen molar-refractivity contribution in [1.82, 2.24) is 15.5 Å². The van der Waals surface area contributed by atoms with Gasteiger partial charge in [0.05, 0.1) is 6.61 Å². The second-order valence-electron chi connectivity index (χ2n) is 6.05. The first kappa shape index (κ1) is 22.2. The lowest BCUT2D eigenvalue weighted by atomic mass is 10.2. The van der Waals surface area contributed by atoms with Crippen LogP contribution in [-0.2, 0) is 4.79 Å². The first-order valence-electron chi connectivity index (χ1n) is 8.82. The van der Waals surface area contributed by atoms with Crippen molar-refractivity contribution in [2.75, 3.05) is 45.9 Å². The molecule has 0 unspecified atom stereocenters. The molecule has 142 valence electrons. The van der Waals surface area contributed by atoms with Gasteiger partial charge in [0.1, 0.15) is 5.75 Å². The molecule has 1 aromatic rings. The van der Waals surface area contributed by atoms with Gasteiger partial charge in [-0.1, -0.05) is 15.9 Å². The molecule has 0 aliphatic carbocycles. The fourth-order valence-corrected chi connectivity index (χ4v) is 2.93. The van der Waals surface area contributed by atoms with Gasteiger partial charge >= 0.3 is 0 Å². The number of carbonyl (C=O) groups excluding carboxylic acids is 1. The summed E-state index contributed by atoms with van der Waals surface area (Å²) in [7, 11) is 0. The molecule has 25 heavy (non-hydrogen) atoms. The van der Waals surface area contributed by atoms with Crippen LogP contribution >= 0.6 is 28.3 Å². The Morgan fingerprint density at radius 3 is 2.60 bits per heavy atom. The smallest absolute Gasteiger partial charge is 0.219 e. The van der Waals surface area contributed by atoms with E-state index in [4.69, 9.17) is 4.74 Å². The maximum atomic E-state index is 11.8. The van der Waals surface area contributed by atoms with E-state index < -0.39 is 0 Å².